The Morgan fingerprint density at radius 1 is 1.21 bits per heavy atom. The van der Waals surface area contributed by atoms with Crippen molar-refractivity contribution in [3.8, 4) is 0 Å². The molecule has 1 rings (SSSR count). The Bertz CT molecular complexity index is 404. The van der Waals surface area contributed by atoms with Crippen LogP contribution in [0.15, 0.2) is 30.3 Å². The molecule has 0 atom stereocenters. The van der Waals surface area contributed by atoms with E-state index in [1.165, 1.54) is 0 Å². The molecule has 19 heavy (non-hydrogen) atoms. The average Bonchev–Trinajstić information content (AvgIpc) is 2.37. The van der Waals surface area contributed by atoms with Gasteiger partial charge in [0, 0.05) is 12.2 Å². The standard InChI is InChI=1S/C14H20N2O3/c1-11(2)10-19-13(17)8-9-15-14(18)16-12-6-4-3-5-7-12/h3-7,11H,8-10H2,1-2H3,(H2,15,16,18). The van der Waals surface area contributed by atoms with E-state index in [9.17, 15) is 9.59 Å². The first-order chi connectivity index (χ1) is 9.08. The molecule has 0 fully saturated rings. The quantitative estimate of drug-likeness (QED) is 0.775. The van der Waals surface area contributed by atoms with Gasteiger partial charge in [0.25, 0.3) is 0 Å². The van der Waals surface area contributed by atoms with Gasteiger partial charge in [-0.3, -0.25) is 4.79 Å². The zero-order valence-electron chi connectivity index (χ0n) is 11.3. The normalized spacial score (nSPS) is 10.1. The van der Waals surface area contributed by atoms with Gasteiger partial charge in [0.2, 0.25) is 0 Å². The minimum Gasteiger partial charge on any atom is -0.465 e. The molecule has 2 amide bonds. The van der Waals surface area contributed by atoms with E-state index in [1.807, 2.05) is 32.0 Å². The molecule has 0 aliphatic carbocycles. The first-order valence-corrected chi connectivity index (χ1v) is 6.33. The zero-order valence-corrected chi connectivity index (χ0v) is 11.3. The lowest BCUT2D eigenvalue weighted by molar-refractivity contribution is -0.144. The van der Waals surface area contributed by atoms with Gasteiger partial charge in [-0.15, -0.1) is 0 Å². The maximum absolute atomic E-state index is 11.5. The molecule has 0 aromatic heterocycles. The minimum absolute atomic E-state index is 0.176. The second-order valence-corrected chi connectivity index (χ2v) is 4.57. The van der Waals surface area contributed by atoms with Crippen molar-refractivity contribution >= 4 is 17.7 Å². The highest BCUT2D eigenvalue weighted by atomic mass is 16.5. The summed E-state index contributed by atoms with van der Waals surface area (Å²) in [5, 5.41) is 5.26. The molecule has 0 unspecified atom stereocenters. The Balaban J connectivity index is 2.15. The van der Waals surface area contributed by atoms with E-state index in [1.54, 1.807) is 12.1 Å². The largest absolute Gasteiger partial charge is 0.465 e. The van der Waals surface area contributed by atoms with Crippen LogP contribution in [0, 0.1) is 5.92 Å². The number of rotatable bonds is 6. The highest BCUT2D eigenvalue weighted by molar-refractivity contribution is 5.89. The highest BCUT2D eigenvalue weighted by Gasteiger charge is 2.06. The minimum atomic E-state index is -0.331. The molecule has 0 saturated carbocycles. The van der Waals surface area contributed by atoms with Crippen molar-refractivity contribution in [3.63, 3.8) is 0 Å². The fourth-order valence-corrected chi connectivity index (χ4v) is 1.31. The summed E-state index contributed by atoms with van der Waals surface area (Å²) in [4.78, 5) is 22.8. The van der Waals surface area contributed by atoms with Gasteiger partial charge in [0.05, 0.1) is 13.0 Å². The van der Waals surface area contributed by atoms with E-state index in [-0.39, 0.29) is 25.0 Å². The van der Waals surface area contributed by atoms with Gasteiger partial charge in [-0.1, -0.05) is 32.0 Å². The summed E-state index contributed by atoms with van der Waals surface area (Å²) in [6.45, 7) is 4.61. The highest BCUT2D eigenvalue weighted by Crippen LogP contribution is 2.04. The number of anilines is 1. The summed E-state index contributed by atoms with van der Waals surface area (Å²) in [5.41, 5.74) is 0.711. The maximum atomic E-state index is 11.5. The third-order valence-electron chi connectivity index (χ3n) is 2.22. The molecule has 0 heterocycles. The van der Waals surface area contributed by atoms with E-state index >= 15 is 0 Å². The van der Waals surface area contributed by atoms with Gasteiger partial charge >= 0.3 is 12.0 Å². The molecule has 1 aromatic rings. The van der Waals surface area contributed by atoms with Gasteiger partial charge in [-0.25, -0.2) is 4.79 Å². The van der Waals surface area contributed by atoms with Gasteiger partial charge in [0.15, 0.2) is 0 Å². The molecule has 2 N–H and O–H groups in total. The molecule has 104 valence electrons. The fourth-order valence-electron chi connectivity index (χ4n) is 1.31. The number of benzene rings is 1. The molecular formula is C14H20N2O3. The number of amides is 2. The lowest BCUT2D eigenvalue weighted by atomic mass is 10.2. The van der Waals surface area contributed by atoms with E-state index in [0.717, 1.165) is 0 Å². The molecule has 0 bridgehead atoms. The van der Waals surface area contributed by atoms with Crippen LogP contribution >= 0.6 is 0 Å². The molecule has 0 aliphatic heterocycles. The molecule has 1 aromatic carbocycles. The predicted octanol–water partition coefficient (Wildman–Crippen LogP) is 2.40. The van der Waals surface area contributed by atoms with Crippen molar-refractivity contribution in [2.75, 3.05) is 18.5 Å². The Labute approximate surface area is 113 Å². The van der Waals surface area contributed by atoms with Crippen molar-refractivity contribution in [2.45, 2.75) is 20.3 Å². The van der Waals surface area contributed by atoms with Gasteiger partial charge in [-0.05, 0) is 18.1 Å². The fraction of sp³-hybridized carbons (Fsp3) is 0.429. The van der Waals surface area contributed by atoms with Crippen LogP contribution < -0.4 is 10.6 Å². The predicted molar refractivity (Wildman–Crippen MR) is 73.9 cm³/mol. The second kappa shape index (κ2) is 8.13. The SMILES string of the molecule is CC(C)COC(=O)CCNC(=O)Nc1ccccc1. The van der Waals surface area contributed by atoms with Crippen LogP contribution in [0.25, 0.3) is 0 Å². The second-order valence-electron chi connectivity index (χ2n) is 4.57. The molecule has 0 spiro atoms. The maximum Gasteiger partial charge on any atom is 0.319 e. The van der Waals surface area contributed by atoms with Crippen molar-refractivity contribution in [2.24, 2.45) is 5.92 Å². The summed E-state index contributed by atoms with van der Waals surface area (Å²) in [6.07, 6.45) is 0.176. The molecule has 0 saturated heterocycles. The summed E-state index contributed by atoms with van der Waals surface area (Å²) in [6, 6.07) is 8.78. The zero-order chi connectivity index (χ0) is 14.1. The van der Waals surface area contributed by atoms with Crippen LogP contribution in [0.1, 0.15) is 20.3 Å². The van der Waals surface area contributed by atoms with Gasteiger partial charge in [-0.2, -0.15) is 0 Å². The molecule has 0 aliphatic rings. The third-order valence-corrected chi connectivity index (χ3v) is 2.22. The van der Waals surface area contributed by atoms with Crippen LogP contribution in [-0.2, 0) is 9.53 Å². The Morgan fingerprint density at radius 2 is 1.89 bits per heavy atom. The lowest BCUT2D eigenvalue weighted by Gasteiger charge is -2.08. The first kappa shape index (κ1) is 15.0. The molecule has 5 nitrogen and oxygen atoms in total. The molecular weight excluding hydrogens is 244 g/mol. The Morgan fingerprint density at radius 3 is 2.53 bits per heavy atom. The van der Waals surface area contributed by atoms with E-state index in [0.29, 0.717) is 18.2 Å². The summed E-state index contributed by atoms with van der Waals surface area (Å²) >= 11 is 0. The van der Waals surface area contributed by atoms with Crippen molar-refractivity contribution in [1.29, 1.82) is 0 Å². The number of hydrogen-bond donors (Lipinski definition) is 2. The van der Waals surface area contributed by atoms with E-state index in [4.69, 9.17) is 4.74 Å². The number of urea groups is 1. The van der Waals surface area contributed by atoms with E-state index in [2.05, 4.69) is 10.6 Å². The Hall–Kier alpha value is -2.04. The topological polar surface area (TPSA) is 67.4 Å². The van der Waals surface area contributed by atoms with Crippen LogP contribution in [0.5, 0.6) is 0 Å². The number of carbonyl (C=O) groups excluding carboxylic acids is 2. The Kier molecular flexibility index (Phi) is 6.43. The summed E-state index contributed by atoms with van der Waals surface area (Å²) in [5.74, 6) is 0.0204. The number of para-hydroxylation sites is 1. The number of nitrogens with one attached hydrogen (secondary N) is 2. The first-order valence-electron chi connectivity index (χ1n) is 6.33. The van der Waals surface area contributed by atoms with Crippen LogP contribution in [0.2, 0.25) is 0 Å². The van der Waals surface area contributed by atoms with Gasteiger partial charge < -0.3 is 15.4 Å². The number of carbonyl (C=O) groups is 2. The lowest BCUT2D eigenvalue weighted by Crippen LogP contribution is -2.31. The molecule has 5 heteroatoms. The van der Waals surface area contributed by atoms with Crippen LogP contribution in [0.3, 0.4) is 0 Å². The monoisotopic (exact) mass is 264 g/mol. The van der Waals surface area contributed by atoms with Crippen LogP contribution in [-0.4, -0.2) is 25.2 Å². The molecule has 0 radical (unpaired) electrons. The summed E-state index contributed by atoms with van der Waals surface area (Å²) in [7, 11) is 0. The average molecular weight is 264 g/mol. The number of ether oxygens (including phenoxy) is 1. The van der Waals surface area contributed by atoms with E-state index < -0.39 is 0 Å². The number of hydrogen-bond acceptors (Lipinski definition) is 3. The van der Waals surface area contributed by atoms with Crippen molar-refractivity contribution < 1.29 is 14.3 Å². The number of esters is 1. The summed E-state index contributed by atoms with van der Waals surface area (Å²) < 4.78 is 4.99. The smallest absolute Gasteiger partial charge is 0.319 e. The van der Waals surface area contributed by atoms with Crippen molar-refractivity contribution in [3.05, 3.63) is 30.3 Å². The third kappa shape index (κ3) is 7.08. The van der Waals surface area contributed by atoms with Gasteiger partial charge in [0.1, 0.15) is 0 Å². The van der Waals surface area contributed by atoms with Crippen molar-refractivity contribution in [1.82, 2.24) is 5.32 Å². The van der Waals surface area contributed by atoms with Crippen LogP contribution in [0.4, 0.5) is 10.5 Å².